The van der Waals surface area contributed by atoms with Crippen LogP contribution in [0.3, 0.4) is 0 Å². The van der Waals surface area contributed by atoms with Gasteiger partial charge in [-0.05, 0) is 30.3 Å². The van der Waals surface area contributed by atoms with Crippen LogP contribution < -0.4 is 15.0 Å². The Bertz CT molecular complexity index is 998. The van der Waals surface area contributed by atoms with E-state index in [1.165, 1.54) is 4.90 Å². The van der Waals surface area contributed by atoms with E-state index in [1.54, 1.807) is 26.4 Å². The Morgan fingerprint density at radius 3 is 2.93 bits per heavy atom. The molecule has 0 spiro atoms. The fourth-order valence-corrected chi connectivity index (χ4v) is 3.71. The molecule has 0 aliphatic carbocycles. The Labute approximate surface area is 163 Å². The summed E-state index contributed by atoms with van der Waals surface area (Å²) in [7, 11) is 3.30. The van der Waals surface area contributed by atoms with Gasteiger partial charge in [-0.25, -0.2) is 4.98 Å². The molecule has 146 valence electrons. The van der Waals surface area contributed by atoms with Crippen molar-refractivity contribution < 1.29 is 19.2 Å². The summed E-state index contributed by atoms with van der Waals surface area (Å²) >= 11 is 0. The number of carbonyl (C=O) groups excluding carboxylic acids is 1. The van der Waals surface area contributed by atoms with Crippen molar-refractivity contribution in [3.05, 3.63) is 53.9 Å². The molecule has 0 fully saturated rings. The van der Waals surface area contributed by atoms with Crippen LogP contribution in [-0.2, 0) is 17.8 Å². The topological polar surface area (TPSA) is 69.8 Å². The van der Waals surface area contributed by atoms with E-state index < -0.39 is 0 Å². The van der Waals surface area contributed by atoms with Crippen LogP contribution in [0.2, 0.25) is 0 Å². The van der Waals surface area contributed by atoms with Crippen molar-refractivity contribution in [2.75, 3.05) is 39.2 Å². The van der Waals surface area contributed by atoms with Gasteiger partial charge in [0.15, 0.2) is 5.82 Å². The molecule has 0 radical (unpaired) electrons. The first-order valence-electron chi connectivity index (χ1n) is 9.45. The van der Waals surface area contributed by atoms with Gasteiger partial charge in [0.2, 0.25) is 0 Å². The zero-order valence-corrected chi connectivity index (χ0v) is 16.2. The zero-order valence-electron chi connectivity index (χ0n) is 16.2. The molecule has 1 aromatic heterocycles. The van der Waals surface area contributed by atoms with Gasteiger partial charge in [-0.1, -0.05) is 12.1 Å². The molecule has 2 N–H and O–H groups in total. The van der Waals surface area contributed by atoms with Crippen LogP contribution >= 0.6 is 0 Å². The van der Waals surface area contributed by atoms with E-state index in [9.17, 15) is 4.79 Å². The summed E-state index contributed by atoms with van der Waals surface area (Å²) in [5, 5.41) is 2.95. The summed E-state index contributed by atoms with van der Waals surface area (Å²) in [6, 6.07) is 13.1. The molecule has 2 heterocycles. The van der Waals surface area contributed by atoms with Gasteiger partial charge in [0.05, 0.1) is 43.4 Å². The van der Waals surface area contributed by atoms with E-state index in [-0.39, 0.29) is 5.91 Å². The lowest BCUT2D eigenvalue weighted by Gasteiger charge is -2.24. The minimum absolute atomic E-state index is 0.198. The summed E-state index contributed by atoms with van der Waals surface area (Å²) < 4.78 is 12.8. The van der Waals surface area contributed by atoms with E-state index in [4.69, 9.17) is 14.5 Å². The van der Waals surface area contributed by atoms with Crippen molar-refractivity contribution in [3.63, 3.8) is 0 Å². The molecule has 1 unspecified atom stereocenters. The number of nitrogens with zero attached hydrogens (tertiary/aromatic N) is 2. The van der Waals surface area contributed by atoms with Crippen LogP contribution in [0.4, 0.5) is 5.69 Å². The maximum Gasteiger partial charge on any atom is 0.259 e. The third kappa shape index (κ3) is 3.58. The molecule has 0 saturated heterocycles. The number of hydrogen-bond acceptors (Lipinski definition) is 4. The maximum absolute atomic E-state index is 12.6. The number of quaternary nitrogens is 1. The predicted octanol–water partition coefficient (Wildman–Crippen LogP) is 1.34. The molecule has 4 rings (SSSR count). The SMILES string of the molecule is COCC[NH+]1CCn2c(nc3cc(NC(=O)c4ccccc4OC)ccc32)C1. The van der Waals surface area contributed by atoms with Gasteiger partial charge in [0.25, 0.3) is 5.91 Å². The van der Waals surface area contributed by atoms with Gasteiger partial charge in [0.1, 0.15) is 18.8 Å². The first-order valence-corrected chi connectivity index (χ1v) is 9.45. The summed E-state index contributed by atoms with van der Waals surface area (Å²) in [5.41, 5.74) is 3.24. The second kappa shape index (κ2) is 8.00. The van der Waals surface area contributed by atoms with Crippen molar-refractivity contribution in [2.45, 2.75) is 13.1 Å². The van der Waals surface area contributed by atoms with Crippen LogP contribution in [0.1, 0.15) is 16.2 Å². The molecule has 3 aromatic rings. The number of imidazole rings is 1. The number of ether oxygens (including phenoxy) is 2. The first-order chi connectivity index (χ1) is 13.7. The standard InChI is InChI=1S/C21H24N4O3/c1-27-12-11-24-9-10-25-18-8-7-15(13-17(18)23-20(25)14-24)22-21(26)16-5-3-4-6-19(16)28-2/h3-8,13H,9-12,14H2,1-2H3,(H,22,26)/p+1. The summed E-state index contributed by atoms with van der Waals surface area (Å²) in [6.45, 7) is 4.64. The van der Waals surface area contributed by atoms with E-state index >= 15 is 0 Å². The van der Waals surface area contributed by atoms with Crippen molar-refractivity contribution >= 4 is 22.6 Å². The maximum atomic E-state index is 12.6. The first kappa shape index (κ1) is 18.5. The van der Waals surface area contributed by atoms with Crippen LogP contribution in [0, 0.1) is 0 Å². The van der Waals surface area contributed by atoms with Crippen LogP contribution in [0.5, 0.6) is 5.75 Å². The molecule has 1 atom stereocenters. The summed E-state index contributed by atoms with van der Waals surface area (Å²) in [4.78, 5) is 18.9. The third-order valence-corrected chi connectivity index (χ3v) is 5.19. The monoisotopic (exact) mass is 381 g/mol. The number of anilines is 1. The lowest BCUT2D eigenvalue weighted by atomic mass is 10.2. The van der Waals surface area contributed by atoms with Crippen molar-refractivity contribution in [2.24, 2.45) is 0 Å². The second-order valence-electron chi connectivity index (χ2n) is 6.96. The van der Waals surface area contributed by atoms with E-state index in [2.05, 4.69) is 9.88 Å². The molecular weight excluding hydrogens is 356 g/mol. The number of methoxy groups -OCH3 is 2. The smallest absolute Gasteiger partial charge is 0.259 e. The molecule has 1 aliphatic rings. The number of rotatable bonds is 6. The number of fused-ring (bicyclic) bond motifs is 3. The normalized spacial score (nSPS) is 16.0. The van der Waals surface area contributed by atoms with E-state index in [0.717, 1.165) is 55.3 Å². The van der Waals surface area contributed by atoms with Crippen molar-refractivity contribution in [1.82, 2.24) is 9.55 Å². The lowest BCUT2D eigenvalue weighted by Crippen LogP contribution is -3.12. The van der Waals surface area contributed by atoms with Gasteiger partial charge in [-0.3, -0.25) is 4.79 Å². The minimum atomic E-state index is -0.198. The Balaban J connectivity index is 1.55. The fourth-order valence-electron chi connectivity index (χ4n) is 3.71. The highest BCUT2D eigenvalue weighted by Crippen LogP contribution is 2.23. The van der Waals surface area contributed by atoms with Gasteiger partial charge in [-0.15, -0.1) is 0 Å². The zero-order chi connectivity index (χ0) is 19.5. The van der Waals surface area contributed by atoms with Gasteiger partial charge in [0, 0.05) is 12.8 Å². The summed E-state index contributed by atoms with van der Waals surface area (Å²) in [6.07, 6.45) is 0. The number of amides is 1. The van der Waals surface area contributed by atoms with Crippen LogP contribution in [0.25, 0.3) is 11.0 Å². The summed E-state index contributed by atoms with van der Waals surface area (Å²) in [5.74, 6) is 1.44. The largest absolute Gasteiger partial charge is 0.496 e. The number of aromatic nitrogens is 2. The number of para-hydroxylation sites is 1. The fraction of sp³-hybridized carbons (Fsp3) is 0.333. The third-order valence-electron chi connectivity index (χ3n) is 5.19. The second-order valence-corrected chi connectivity index (χ2v) is 6.96. The highest BCUT2D eigenvalue weighted by molar-refractivity contribution is 6.06. The molecular formula is C21H25N4O3+. The number of benzene rings is 2. The molecule has 28 heavy (non-hydrogen) atoms. The average Bonchev–Trinajstić information content (AvgIpc) is 3.08. The molecule has 7 nitrogen and oxygen atoms in total. The number of hydrogen-bond donors (Lipinski definition) is 2. The van der Waals surface area contributed by atoms with Crippen LogP contribution in [-0.4, -0.2) is 49.4 Å². The molecule has 7 heteroatoms. The van der Waals surface area contributed by atoms with Crippen molar-refractivity contribution in [3.8, 4) is 5.75 Å². The highest BCUT2D eigenvalue weighted by atomic mass is 16.5. The molecule has 1 amide bonds. The Morgan fingerprint density at radius 2 is 2.11 bits per heavy atom. The van der Waals surface area contributed by atoms with E-state index in [0.29, 0.717) is 11.3 Å². The van der Waals surface area contributed by atoms with Gasteiger partial charge >= 0.3 is 0 Å². The molecule has 2 aromatic carbocycles. The Morgan fingerprint density at radius 1 is 1.25 bits per heavy atom. The highest BCUT2D eigenvalue weighted by Gasteiger charge is 2.23. The average molecular weight is 381 g/mol. The quantitative estimate of drug-likeness (QED) is 0.676. The van der Waals surface area contributed by atoms with Crippen LogP contribution in [0.15, 0.2) is 42.5 Å². The Kier molecular flexibility index (Phi) is 5.27. The van der Waals surface area contributed by atoms with Gasteiger partial charge < -0.3 is 24.3 Å². The lowest BCUT2D eigenvalue weighted by molar-refractivity contribution is -0.918. The Hall–Kier alpha value is -2.90. The van der Waals surface area contributed by atoms with Gasteiger partial charge in [-0.2, -0.15) is 0 Å². The minimum Gasteiger partial charge on any atom is -0.496 e. The number of carbonyl (C=O) groups is 1. The number of nitrogens with one attached hydrogen (secondary N) is 2. The van der Waals surface area contributed by atoms with E-state index in [1.807, 2.05) is 30.3 Å². The molecule has 0 saturated carbocycles. The predicted molar refractivity (Wildman–Crippen MR) is 107 cm³/mol. The van der Waals surface area contributed by atoms with Crippen molar-refractivity contribution in [1.29, 1.82) is 0 Å². The molecule has 1 aliphatic heterocycles. The molecule has 0 bridgehead atoms.